The van der Waals surface area contributed by atoms with Gasteiger partial charge in [-0.25, -0.2) is 22.2 Å². The van der Waals surface area contributed by atoms with Crippen molar-refractivity contribution in [2.45, 2.75) is 69.6 Å². The number of nitrogens with zero attached hydrogens (tertiary/aromatic N) is 2. The molecule has 0 atom stereocenters. The molecule has 2 N–H and O–H groups in total. The quantitative estimate of drug-likeness (QED) is 0.496. The number of carbonyl (C=O) groups is 1. The van der Waals surface area contributed by atoms with Gasteiger partial charge in [0.15, 0.2) is 0 Å². The highest BCUT2D eigenvalue weighted by Crippen LogP contribution is 2.54. The number of piperidine rings is 1. The number of rotatable bonds is 6. The molecule has 3 fully saturated rings. The molecule has 6 rings (SSSR count). The lowest BCUT2D eigenvalue weighted by Gasteiger charge is -2.35. The molecule has 1 amide bonds. The van der Waals surface area contributed by atoms with Gasteiger partial charge in [-0.05, 0) is 81.2 Å². The summed E-state index contributed by atoms with van der Waals surface area (Å²) in [6.45, 7) is 3.48. The number of alkyl halides is 2. The van der Waals surface area contributed by atoms with Crippen molar-refractivity contribution >= 4 is 33.1 Å². The molecule has 11 heteroatoms. The number of aromatic nitrogens is 1. The lowest BCUT2D eigenvalue weighted by Crippen LogP contribution is -2.38. The zero-order valence-corrected chi connectivity index (χ0v) is 22.9. The number of carbonyl (C=O) groups excluding carboxylic acids is 1. The predicted molar refractivity (Wildman–Crippen MR) is 145 cm³/mol. The van der Waals surface area contributed by atoms with Gasteiger partial charge in [-0.15, -0.1) is 0 Å². The van der Waals surface area contributed by atoms with Crippen LogP contribution in [0, 0.1) is 5.41 Å². The lowest BCUT2D eigenvalue weighted by atomic mass is 9.72. The van der Waals surface area contributed by atoms with E-state index >= 15 is 0 Å². The van der Waals surface area contributed by atoms with E-state index in [-0.39, 0.29) is 37.3 Å². The minimum atomic E-state index is -3.47. The van der Waals surface area contributed by atoms with Crippen LogP contribution in [0.1, 0.15) is 74.3 Å². The number of sulfonamides is 1. The number of pyridine rings is 1. The average Bonchev–Trinajstić information content (AvgIpc) is 3.58. The Labute approximate surface area is 227 Å². The van der Waals surface area contributed by atoms with Crippen molar-refractivity contribution in [3.8, 4) is 5.75 Å². The number of hydrogen-bond donors (Lipinski definition) is 2. The van der Waals surface area contributed by atoms with Crippen LogP contribution in [0.4, 0.5) is 26.0 Å². The molecule has 1 aromatic carbocycles. The molecule has 210 valence electrons. The molecule has 2 saturated carbocycles. The summed E-state index contributed by atoms with van der Waals surface area (Å²) < 4.78 is 60.5. The van der Waals surface area contributed by atoms with Crippen LogP contribution >= 0.6 is 0 Å². The fourth-order valence-corrected chi connectivity index (χ4v) is 6.79. The second-order valence-corrected chi connectivity index (χ2v) is 13.7. The van der Waals surface area contributed by atoms with Crippen molar-refractivity contribution < 1.29 is 26.7 Å². The van der Waals surface area contributed by atoms with Crippen LogP contribution in [0.15, 0.2) is 30.3 Å². The summed E-state index contributed by atoms with van der Waals surface area (Å²) in [5, 5.41) is 2.89. The van der Waals surface area contributed by atoms with Crippen LogP contribution in [0.5, 0.6) is 5.75 Å². The van der Waals surface area contributed by atoms with Gasteiger partial charge in [0.2, 0.25) is 15.9 Å². The Kier molecular flexibility index (Phi) is 6.28. The summed E-state index contributed by atoms with van der Waals surface area (Å²) in [5.41, 5.74) is 2.02. The molecule has 1 saturated heterocycles. The van der Waals surface area contributed by atoms with E-state index in [1.165, 1.54) is 12.8 Å². The highest BCUT2D eigenvalue weighted by molar-refractivity contribution is 7.92. The largest absolute Gasteiger partial charge is 0.491 e. The second-order valence-electron chi connectivity index (χ2n) is 11.6. The van der Waals surface area contributed by atoms with Crippen molar-refractivity contribution in [3.05, 3.63) is 41.6 Å². The van der Waals surface area contributed by atoms with E-state index in [9.17, 15) is 22.0 Å². The van der Waals surface area contributed by atoms with Gasteiger partial charge < -0.3 is 15.0 Å². The minimum Gasteiger partial charge on any atom is -0.491 e. The van der Waals surface area contributed by atoms with Gasteiger partial charge in [-0.1, -0.05) is 0 Å². The summed E-state index contributed by atoms with van der Waals surface area (Å²) in [4.78, 5) is 20.4. The highest BCUT2D eigenvalue weighted by Gasteiger charge is 2.50. The number of ether oxygens (including phenoxy) is 1. The first kappa shape index (κ1) is 26.3. The van der Waals surface area contributed by atoms with E-state index in [0.29, 0.717) is 46.2 Å². The van der Waals surface area contributed by atoms with Crippen molar-refractivity contribution in [1.29, 1.82) is 0 Å². The van der Waals surface area contributed by atoms with Crippen molar-refractivity contribution in [2.75, 3.05) is 40.4 Å². The first-order valence-corrected chi connectivity index (χ1v) is 15.4. The summed E-state index contributed by atoms with van der Waals surface area (Å²) in [6, 6.07) is 8.37. The Morgan fingerprint density at radius 3 is 2.41 bits per heavy atom. The molecule has 0 bridgehead atoms. The third-order valence-corrected chi connectivity index (χ3v) is 10.4. The Hall–Kier alpha value is -2.95. The van der Waals surface area contributed by atoms with Gasteiger partial charge in [-0.3, -0.25) is 9.52 Å². The van der Waals surface area contributed by atoms with Crippen LogP contribution in [-0.4, -0.2) is 50.7 Å². The third-order valence-electron chi connectivity index (χ3n) is 9.06. The number of anilines is 3. The van der Waals surface area contributed by atoms with Gasteiger partial charge in [0.05, 0.1) is 40.4 Å². The normalized spacial score (nSPS) is 22.3. The predicted octanol–water partition coefficient (Wildman–Crippen LogP) is 5.32. The van der Waals surface area contributed by atoms with Gasteiger partial charge in [0.1, 0.15) is 11.6 Å². The molecule has 2 spiro atoms. The van der Waals surface area contributed by atoms with Crippen LogP contribution in [-0.2, 0) is 15.4 Å². The van der Waals surface area contributed by atoms with Crippen molar-refractivity contribution in [1.82, 2.24) is 4.98 Å². The van der Waals surface area contributed by atoms with Gasteiger partial charge in [-0.2, -0.15) is 0 Å². The van der Waals surface area contributed by atoms with E-state index < -0.39 is 21.4 Å². The van der Waals surface area contributed by atoms with E-state index in [1.54, 1.807) is 37.3 Å². The Balaban J connectivity index is 1.26. The molecule has 1 aromatic heterocycles. The van der Waals surface area contributed by atoms with E-state index in [4.69, 9.17) is 4.74 Å². The first-order valence-electron chi connectivity index (χ1n) is 13.7. The van der Waals surface area contributed by atoms with Crippen molar-refractivity contribution in [2.24, 2.45) is 5.41 Å². The Bertz CT molecular complexity index is 1390. The topological polar surface area (TPSA) is 101 Å². The van der Waals surface area contributed by atoms with Gasteiger partial charge >= 0.3 is 0 Å². The summed E-state index contributed by atoms with van der Waals surface area (Å²) in [7, 11) is -3.47. The molecule has 2 aromatic rings. The maximum Gasteiger partial charge on any atom is 0.258 e. The second kappa shape index (κ2) is 9.31. The fraction of sp³-hybridized carbons (Fsp3) is 0.571. The minimum absolute atomic E-state index is 0.0519. The molecule has 3 heterocycles. The zero-order valence-electron chi connectivity index (χ0n) is 22.1. The summed E-state index contributed by atoms with van der Waals surface area (Å²) in [6.07, 6.45) is 4.75. The van der Waals surface area contributed by atoms with Crippen LogP contribution < -0.4 is 19.7 Å². The van der Waals surface area contributed by atoms with Crippen LogP contribution in [0.25, 0.3) is 0 Å². The molecule has 39 heavy (non-hydrogen) atoms. The first-order chi connectivity index (χ1) is 18.5. The highest BCUT2D eigenvalue weighted by atomic mass is 32.2. The fourth-order valence-electron chi connectivity index (χ4n) is 6.15. The zero-order chi connectivity index (χ0) is 27.5. The average molecular weight is 561 g/mol. The summed E-state index contributed by atoms with van der Waals surface area (Å²) >= 11 is 0. The third kappa shape index (κ3) is 5.17. The van der Waals surface area contributed by atoms with Crippen molar-refractivity contribution in [3.63, 3.8) is 0 Å². The van der Waals surface area contributed by atoms with E-state index in [0.717, 1.165) is 25.9 Å². The molecule has 4 aliphatic rings. The standard InChI is InChI=1S/C28H34F2N4O4S/c1-2-39(36,37)33-19-3-4-20(21(17-19)34-15-13-26(7-8-26)14-16-34)25(35)32-23-6-5-22-24(31-23)27(18-38-22)9-11-28(29,30)12-10-27/h3-6,17,33H,2,7-16,18H2,1H3,(H,31,32,35). The number of halogens is 2. The van der Waals surface area contributed by atoms with Crippen LogP contribution in [0.3, 0.4) is 0 Å². The molecule has 2 aliphatic carbocycles. The molecular weight excluding hydrogens is 526 g/mol. The number of nitrogens with one attached hydrogen (secondary N) is 2. The maximum absolute atomic E-state index is 13.9. The molecule has 2 aliphatic heterocycles. The number of hydrogen-bond acceptors (Lipinski definition) is 6. The number of fused-ring (bicyclic) bond motifs is 2. The maximum atomic E-state index is 13.9. The molecule has 0 unspecified atom stereocenters. The number of amides is 1. The monoisotopic (exact) mass is 560 g/mol. The van der Waals surface area contributed by atoms with Gasteiger partial charge in [0, 0.05) is 25.9 Å². The van der Waals surface area contributed by atoms with Crippen LogP contribution in [0.2, 0.25) is 0 Å². The molecule has 8 nitrogen and oxygen atoms in total. The molecule has 0 radical (unpaired) electrons. The molecular formula is C28H34F2N4O4S. The number of benzene rings is 1. The Morgan fingerprint density at radius 1 is 1.03 bits per heavy atom. The van der Waals surface area contributed by atoms with Gasteiger partial charge in [0.25, 0.3) is 5.91 Å². The lowest BCUT2D eigenvalue weighted by molar-refractivity contribution is -0.0543. The smallest absolute Gasteiger partial charge is 0.258 e. The van der Waals surface area contributed by atoms with E-state index in [1.807, 2.05) is 0 Å². The Morgan fingerprint density at radius 2 is 1.74 bits per heavy atom. The summed E-state index contributed by atoms with van der Waals surface area (Å²) in [5.74, 6) is -2.17. The van der Waals surface area contributed by atoms with E-state index in [2.05, 4.69) is 19.9 Å². The SMILES string of the molecule is CCS(=O)(=O)Nc1ccc(C(=O)Nc2ccc3c(n2)C2(CCC(F)(F)CC2)CO3)c(N2CCC3(CC2)CC3)c1.